The quantitative estimate of drug-likeness (QED) is 0.415. The van der Waals surface area contributed by atoms with E-state index in [1.54, 1.807) is 0 Å². The molecule has 14 heavy (non-hydrogen) atoms. The first kappa shape index (κ1) is 24.1. The van der Waals surface area contributed by atoms with Crippen molar-refractivity contribution in [2.75, 3.05) is 20.6 Å². The molecule has 0 amide bonds. The Morgan fingerprint density at radius 2 is 1.57 bits per heavy atom. The second kappa shape index (κ2) is 13.6. The summed E-state index contributed by atoms with van der Waals surface area (Å²) in [7, 11) is 3.91. The second-order valence-electron chi connectivity index (χ2n) is 3.19. The molecule has 1 aliphatic carbocycles. The molecule has 0 radical (unpaired) electrons. The SMILES string of the molecule is C[N-]N(C)CC1CCCC1.[CH3-].[CH3-].[CH3-].[Ti]. The molecule has 1 saturated carbocycles. The van der Waals surface area contributed by atoms with E-state index < -0.39 is 0 Å². The third-order valence-corrected chi connectivity index (χ3v) is 2.34. The summed E-state index contributed by atoms with van der Waals surface area (Å²) in [5.41, 5.74) is 4.09. The first-order valence-electron chi connectivity index (χ1n) is 4.14. The molecule has 0 N–H and O–H groups in total. The summed E-state index contributed by atoms with van der Waals surface area (Å²) < 4.78 is 0. The van der Waals surface area contributed by atoms with Crippen LogP contribution in [0.15, 0.2) is 0 Å². The molecule has 3 heteroatoms. The van der Waals surface area contributed by atoms with Gasteiger partial charge in [-0.1, -0.05) is 12.8 Å². The van der Waals surface area contributed by atoms with Crippen molar-refractivity contribution in [3.8, 4) is 0 Å². The second-order valence-corrected chi connectivity index (χ2v) is 3.19. The van der Waals surface area contributed by atoms with Crippen molar-refractivity contribution < 1.29 is 21.7 Å². The van der Waals surface area contributed by atoms with Crippen molar-refractivity contribution >= 4 is 0 Å². The van der Waals surface area contributed by atoms with Crippen molar-refractivity contribution in [2.45, 2.75) is 25.7 Å². The summed E-state index contributed by atoms with van der Waals surface area (Å²) >= 11 is 0. The van der Waals surface area contributed by atoms with Gasteiger partial charge in [-0.15, -0.1) is 0 Å². The van der Waals surface area contributed by atoms with E-state index in [0.29, 0.717) is 0 Å². The molecule has 0 heterocycles. The number of hydrogen-bond donors (Lipinski definition) is 0. The fourth-order valence-corrected chi connectivity index (χ4v) is 1.65. The van der Waals surface area contributed by atoms with Crippen LogP contribution in [-0.4, -0.2) is 25.6 Å². The van der Waals surface area contributed by atoms with Crippen LogP contribution in [-0.2, 0) is 21.7 Å². The molecule has 0 atom stereocenters. The molecular formula is C11H26N2Ti-4. The summed E-state index contributed by atoms with van der Waals surface area (Å²) in [4.78, 5) is 0. The zero-order valence-electron chi connectivity index (χ0n) is 10.5. The van der Waals surface area contributed by atoms with Gasteiger partial charge in [0.15, 0.2) is 0 Å². The van der Waals surface area contributed by atoms with Gasteiger partial charge in [-0.2, -0.15) is 7.05 Å². The van der Waals surface area contributed by atoms with Gasteiger partial charge in [-0.25, -0.2) is 0 Å². The van der Waals surface area contributed by atoms with Crippen molar-refractivity contribution in [3.05, 3.63) is 27.7 Å². The molecule has 1 fully saturated rings. The topological polar surface area (TPSA) is 17.3 Å². The minimum absolute atomic E-state index is 0. The van der Waals surface area contributed by atoms with Gasteiger partial charge in [0.1, 0.15) is 0 Å². The molecule has 0 aliphatic heterocycles. The van der Waals surface area contributed by atoms with Gasteiger partial charge in [0, 0.05) is 21.7 Å². The minimum atomic E-state index is 0. The van der Waals surface area contributed by atoms with Crippen molar-refractivity contribution in [1.29, 1.82) is 0 Å². The Bertz CT molecular complexity index is 93.3. The van der Waals surface area contributed by atoms with E-state index >= 15 is 0 Å². The Balaban J connectivity index is -0.000000125. The minimum Gasteiger partial charge on any atom is -0.597 e. The maximum absolute atomic E-state index is 4.09. The summed E-state index contributed by atoms with van der Waals surface area (Å²) in [5.74, 6) is 0.925. The van der Waals surface area contributed by atoms with Crippen LogP contribution in [0.2, 0.25) is 0 Å². The van der Waals surface area contributed by atoms with Crippen LogP contribution >= 0.6 is 0 Å². The van der Waals surface area contributed by atoms with E-state index in [1.165, 1.54) is 25.7 Å². The molecule has 0 aromatic carbocycles. The summed E-state index contributed by atoms with van der Waals surface area (Å²) in [6.45, 7) is 1.16. The average molecular weight is 234 g/mol. The third-order valence-electron chi connectivity index (χ3n) is 2.34. The van der Waals surface area contributed by atoms with Crippen molar-refractivity contribution in [1.82, 2.24) is 5.01 Å². The number of nitrogens with zero attached hydrogens (tertiary/aromatic N) is 2. The first-order chi connectivity index (χ1) is 4.83. The van der Waals surface area contributed by atoms with Crippen LogP contribution in [0.3, 0.4) is 0 Å². The fraction of sp³-hybridized carbons (Fsp3) is 0.727. The maximum Gasteiger partial charge on any atom is 0 e. The predicted molar refractivity (Wildman–Crippen MR) is 63.1 cm³/mol. The molecule has 0 aromatic rings. The zero-order valence-corrected chi connectivity index (χ0v) is 12.1. The van der Waals surface area contributed by atoms with E-state index in [0.717, 1.165) is 12.5 Å². The molecule has 1 rings (SSSR count). The van der Waals surface area contributed by atoms with Gasteiger partial charge >= 0.3 is 0 Å². The van der Waals surface area contributed by atoms with Gasteiger partial charge in [0.2, 0.25) is 0 Å². The Kier molecular flexibility index (Phi) is 23.4. The molecule has 0 spiro atoms. The van der Waals surface area contributed by atoms with Gasteiger partial charge in [0.25, 0.3) is 0 Å². The monoisotopic (exact) mass is 234 g/mol. The van der Waals surface area contributed by atoms with Crippen LogP contribution in [0.4, 0.5) is 0 Å². The van der Waals surface area contributed by atoms with E-state index in [-0.39, 0.29) is 44.0 Å². The van der Waals surface area contributed by atoms with Crippen molar-refractivity contribution in [2.24, 2.45) is 5.92 Å². The van der Waals surface area contributed by atoms with Crippen LogP contribution in [0.1, 0.15) is 25.7 Å². The zero-order chi connectivity index (χ0) is 7.40. The molecule has 2 nitrogen and oxygen atoms in total. The summed E-state index contributed by atoms with van der Waals surface area (Å²) in [6.07, 6.45) is 5.70. The van der Waals surface area contributed by atoms with Crippen LogP contribution in [0.5, 0.6) is 0 Å². The summed E-state index contributed by atoms with van der Waals surface area (Å²) in [5, 5.41) is 2.05. The number of rotatable bonds is 3. The van der Waals surface area contributed by atoms with Gasteiger partial charge < -0.3 is 32.7 Å². The van der Waals surface area contributed by atoms with Gasteiger partial charge in [-0.05, 0) is 32.4 Å². The van der Waals surface area contributed by atoms with Gasteiger partial charge in [-0.3, -0.25) is 0 Å². The fourth-order valence-electron chi connectivity index (χ4n) is 1.65. The molecule has 1 aliphatic rings. The molecule has 0 bridgehead atoms. The van der Waals surface area contributed by atoms with E-state index in [2.05, 4.69) is 17.5 Å². The summed E-state index contributed by atoms with van der Waals surface area (Å²) in [6, 6.07) is 0. The van der Waals surface area contributed by atoms with E-state index in [4.69, 9.17) is 0 Å². The third kappa shape index (κ3) is 9.20. The Hall–Kier alpha value is 0.634. The van der Waals surface area contributed by atoms with Crippen LogP contribution in [0, 0.1) is 28.2 Å². The Morgan fingerprint density at radius 1 is 1.14 bits per heavy atom. The average Bonchev–Trinajstić information content (AvgIpc) is 2.40. The van der Waals surface area contributed by atoms with Gasteiger partial charge in [0.05, 0.1) is 0 Å². The van der Waals surface area contributed by atoms with Crippen LogP contribution < -0.4 is 0 Å². The Morgan fingerprint density at radius 3 is 1.93 bits per heavy atom. The normalized spacial score (nSPS) is 14.8. The first-order valence-corrected chi connectivity index (χ1v) is 4.14. The predicted octanol–water partition coefficient (Wildman–Crippen LogP) is 3.38. The smallest absolute Gasteiger partial charge is 0 e. The van der Waals surface area contributed by atoms with Crippen LogP contribution in [0.25, 0.3) is 5.43 Å². The molecular weight excluding hydrogens is 208 g/mol. The number of hydrogen-bond acceptors (Lipinski definition) is 1. The molecule has 0 unspecified atom stereocenters. The largest absolute Gasteiger partial charge is 0.597 e. The van der Waals surface area contributed by atoms with E-state index in [9.17, 15) is 0 Å². The van der Waals surface area contributed by atoms with E-state index in [1.807, 2.05) is 7.05 Å². The molecule has 88 valence electrons. The molecule has 0 saturated heterocycles. The standard InChI is InChI=1S/C8H17N2.3CH3.Ti/c1-9-10(2)7-8-5-3-4-6-8;;;;/h8H,3-7H2,1-2H3;3*1H3;/q4*-1;. The molecule has 0 aromatic heterocycles. The maximum atomic E-state index is 4.09. The van der Waals surface area contributed by atoms with Crippen molar-refractivity contribution in [3.63, 3.8) is 0 Å². The Labute approximate surface area is 107 Å².